The van der Waals surface area contributed by atoms with Gasteiger partial charge in [0.2, 0.25) is 12.3 Å². The molecule has 5 heterocycles. The van der Waals surface area contributed by atoms with Gasteiger partial charge >= 0.3 is 0 Å². The first-order valence-corrected chi connectivity index (χ1v) is 22.3. The summed E-state index contributed by atoms with van der Waals surface area (Å²) < 4.78 is 13.6. The monoisotopic (exact) mass is 854 g/mol. The zero-order valence-corrected chi connectivity index (χ0v) is 37.7. The van der Waals surface area contributed by atoms with Gasteiger partial charge in [-0.2, -0.15) is 0 Å². The maximum atomic E-state index is 14.0. The molecule has 1 saturated heterocycles. The number of nitrogens with one attached hydrogen (secondary N) is 3. The Morgan fingerprint density at radius 1 is 1.11 bits per heavy atom. The summed E-state index contributed by atoms with van der Waals surface area (Å²) in [5, 5.41) is 11.7. The van der Waals surface area contributed by atoms with Crippen LogP contribution in [0.1, 0.15) is 88.7 Å². The van der Waals surface area contributed by atoms with Crippen LogP contribution >= 0.6 is 11.3 Å². The molecule has 14 nitrogen and oxygen atoms in total. The lowest BCUT2D eigenvalue weighted by Crippen LogP contribution is -2.58. The van der Waals surface area contributed by atoms with E-state index in [0.29, 0.717) is 43.9 Å². The molecule has 3 unspecified atom stereocenters. The second-order valence-electron chi connectivity index (χ2n) is 17.2. The van der Waals surface area contributed by atoms with Gasteiger partial charge < -0.3 is 29.6 Å². The van der Waals surface area contributed by atoms with Crippen molar-refractivity contribution in [3.05, 3.63) is 63.7 Å². The van der Waals surface area contributed by atoms with Crippen LogP contribution in [-0.4, -0.2) is 108 Å². The summed E-state index contributed by atoms with van der Waals surface area (Å²) in [6.45, 7) is 16.5. The van der Waals surface area contributed by atoms with E-state index in [1.807, 2.05) is 32.3 Å². The van der Waals surface area contributed by atoms with Crippen molar-refractivity contribution in [1.82, 2.24) is 40.5 Å². The molecule has 328 valence electrons. The van der Waals surface area contributed by atoms with Crippen LogP contribution < -0.4 is 16.1 Å². The highest BCUT2D eigenvalue weighted by atomic mass is 32.1. The second-order valence-corrected chi connectivity index (χ2v) is 18.2. The van der Waals surface area contributed by atoms with Crippen molar-refractivity contribution in [2.75, 3.05) is 46.9 Å². The molecule has 0 saturated carbocycles. The summed E-state index contributed by atoms with van der Waals surface area (Å²) in [7, 11) is 3.28. The lowest BCUT2D eigenvalue weighted by atomic mass is 9.84. The third-order valence-corrected chi connectivity index (χ3v) is 12.6. The topological polar surface area (TPSA) is 160 Å². The van der Waals surface area contributed by atoms with E-state index in [9.17, 15) is 19.2 Å². The van der Waals surface area contributed by atoms with Gasteiger partial charge in [-0.1, -0.05) is 39.8 Å². The molecular formula is C46H62N8O6S. The molecule has 61 heavy (non-hydrogen) atoms. The number of thiazole rings is 1. The molecule has 2 aliphatic rings. The summed E-state index contributed by atoms with van der Waals surface area (Å²) >= 11 is 1.44. The number of amides is 3. The van der Waals surface area contributed by atoms with Crippen LogP contribution in [0.25, 0.3) is 39.0 Å². The quantitative estimate of drug-likeness (QED) is 0.0965. The second kappa shape index (κ2) is 20.3. The predicted octanol–water partition coefficient (Wildman–Crippen LogP) is 5.94. The summed E-state index contributed by atoms with van der Waals surface area (Å²) in [5.74, 6) is -0.791. The molecule has 0 spiro atoms. The number of pyridine rings is 1. The molecule has 0 bridgehead atoms. The SMILES string of the molecule is CCn1c(-c2cc(C3=CCNCC3)cnc2C(C)OC)c(CC(C)(C)COC=O)c2cc(-c3csc(CC(NC(=O)C(C(C)C)N(C)C=O)C(=O)N4CCCCN4)n3)ccc21. The number of hydrogen-bond donors (Lipinski definition) is 3. The highest BCUT2D eigenvalue weighted by Gasteiger charge is 2.34. The molecule has 0 radical (unpaired) electrons. The average molecular weight is 855 g/mol. The van der Waals surface area contributed by atoms with Crippen molar-refractivity contribution in [2.24, 2.45) is 11.3 Å². The average Bonchev–Trinajstić information content (AvgIpc) is 3.86. The first-order chi connectivity index (χ1) is 29.3. The fourth-order valence-electron chi connectivity index (χ4n) is 8.61. The van der Waals surface area contributed by atoms with Gasteiger partial charge in [0, 0.05) is 85.8 Å². The molecule has 4 aromatic rings. The standard InChI is InChI=1S/C46H62N8O6S/c1-9-53-39-13-12-32(38-25-61-40(50-38)22-37(45(58)54-19-11-10-16-49-54)51-44(57)42(29(2)3)52(7)27-55)20-34(39)36(23-46(5,6)26-60-28-56)43(53)35-21-33(31-14-17-47-18-15-31)24-48-41(35)30(4)59-8/h12-14,20-21,24-25,27-30,37,42,47,49H,9-11,15-19,22-23,26H2,1-8H3,(H,51,57). The van der Waals surface area contributed by atoms with Crippen LogP contribution in [0.4, 0.5) is 0 Å². The lowest BCUT2D eigenvalue weighted by Gasteiger charge is -2.33. The van der Waals surface area contributed by atoms with Gasteiger partial charge in [0.05, 0.1) is 34.8 Å². The predicted molar refractivity (Wildman–Crippen MR) is 239 cm³/mol. The summed E-state index contributed by atoms with van der Waals surface area (Å²) in [6, 6.07) is 7.05. The normalized spacial score (nSPS) is 16.2. The third-order valence-electron chi connectivity index (χ3n) is 11.8. The molecule has 3 aromatic heterocycles. The molecule has 1 aromatic carbocycles. The zero-order valence-electron chi connectivity index (χ0n) is 36.9. The van der Waals surface area contributed by atoms with Crippen molar-refractivity contribution >= 4 is 52.5 Å². The first-order valence-electron chi connectivity index (χ1n) is 21.4. The van der Waals surface area contributed by atoms with Crippen LogP contribution in [0.15, 0.2) is 41.9 Å². The largest absolute Gasteiger partial charge is 0.467 e. The van der Waals surface area contributed by atoms with Crippen LogP contribution in [-0.2, 0) is 48.0 Å². The number of nitrogens with zero attached hydrogens (tertiary/aromatic N) is 5. The number of fused-ring (bicyclic) bond motifs is 1. The number of carbonyl (C=O) groups excluding carboxylic acids is 4. The number of carbonyl (C=O) groups is 4. The van der Waals surface area contributed by atoms with Crippen molar-refractivity contribution in [2.45, 2.75) is 98.4 Å². The van der Waals surface area contributed by atoms with Crippen molar-refractivity contribution in [3.8, 4) is 22.5 Å². The minimum atomic E-state index is -0.891. The number of rotatable bonds is 19. The third kappa shape index (κ3) is 10.4. The number of aryl methyl sites for hydroxylation is 1. The highest BCUT2D eigenvalue weighted by molar-refractivity contribution is 7.10. The van der Waals surface area contributed by atoms with E-state index < -0.39 is 17.5 Å². The van der Waals surface area contributed by atoms with E-state index in [2.05, 4.69) is 71.7 Å². The number of hydrogen-bond acceptors (Lipinski definition) is 11. The van der Waals surface area contributed by atoms with Gasteiger partial charge in [-0.25, -0.2) is 10.4 Å². The van der Waals surface area contributed by atoms with Crippen LogP contribution in [0.5, 0.6) is 0 Å². The number of aromatic nitrogens is 3. The fraction of sp³-hybridized carbons (Fsp3) is 0.522. The van der Waals surface area contributed by atoms with Gasteiger partial charge in [-0.3, -0.25) is 29.2 Å². The maximum absolute atomic E-state index is 14.0. The van der Waals surface area contributed by atoms with Gasteiger partial charge in [-0.15, -0.1) is 11.3 Å². The van der Waals surface area contributed by atoms with E-state index in [0.717, 1.165) is 82.6 Å². The Morgan fingerprint density at radius 2 is 1.92 bits per heavy atom. The van der Waals surface area contributed by atoms with Gasteiger partial charge in [0.1, 0.15) is 12.1 Å². The Hall–Kier alpha value is -4.96. The van der Waals surface area contributed by atoms with Crippen LogP contribution in [0.3, 0.4) is 0 Å². The minimum Gasteiger partial charge on any atom is -0.467 e. The number of ether oxygens (including phenoxy) is 2. The lowest BCUT2D eigenvalue weighted by molar-refractivity contribution is -0.142. The van der Waals surface area contributed by atoms with Gasteiger partial charge in [0.15, 0.2) is 0 Å². The summed E-state index contributed by atoms with van der Waals surface area (Å²) in [5.41, 5.74) is 11.9. The van der Waals surface area contributed by atoms with Crippen LogP contribution in [0, 0.1) is 11.3 Å². The number of likely N-dealkylation sites (N-methyl/N-ethyl adjacent to an activating group) is 1. The Balaban J connectivity index is 1.44. The van der Waals surface area contributed by atoms with E-state index in [1.165, 1.54) is 21.8 Å². The van der Waals surface area contributed by atoms with Gasteiger partial charge in [-0.05, 0) is 86.9 Å². The molecule has 3 N–H and O–H groups in total. The highest BCUT2D eigenvalue weighted by Crippen LogP contribution is 2.43. The molecule has 0 aliphatic carbocycles. The zero-order chi connectivity index (χ0) is 43.8. The number of benzene rings is 1. The number of methoxy groups -OCH3 is 1. The smallest absolute Gasteiger partial charge is 0.293 e. The Morgan fingerprint density at radius 3 is 2.57 bits per heavy atom. The molecule has 15 heteroatoms. The number of hydrazine groups is 1. The molecule has 2 aliphatic heterocycles. The van der Waals surface area contributed by atoms with E-state index in [1.54, 1.807) is 19.2 Å². The molecule has 3 amide bonds. The fourth-order valence-corrected chi connectivity index (χ4v) is 9.46. The molecule has 3 atom stereocenters. The summed E-state index contributed by atoms with van der Waals surface area (Å²) in [6.07, 6.45) is 8.09. The summed E-state index contributed by atoms with van der Waals surface area (Å²) in [4.78, 5) is 62.3. The Kier molecular flexibility index (Phi) is 15.1. The van der Waals surface area contributed by atoms with Crippen molar-refractivity contribution in [3.63, 3.8) is 0 Å². The van der Waals surface area contributed by atoms with Crippen molar-refractivity contribution < 1.29 is 28.7 Å². The maximum Gasteiger partial charge on any atom is 0.293 e. The molecular weight excluding hydrogens is 793 g/mol. The van der Waals surface area contributed by atoms with E-state index in [4.69, 9.17) is 19.4 Å². The Bertz CT molecular complexity index is 2220. The molecule has 1 fully saturated rings. The molecule has 6 rings (SSSR count). The first kappa shape index (κ1) is 45.6. The Labute approximate surface area is 363 Å². The van der Waals surface area contributed by atoms with E-state index >= 15 is 0 Å². The van der Waals surface area contributed by atoms with Crippen LogP contribution in [0.2, 0.25) is 0 Å². The van der Waals surface area contributed by atoms with Gasteiger partial charge in [0.25, 0.3) is 12.4 Å². The minimum absolute atomic E-state index is 0.168. The van der Waals surface area contributed by atoms with Crippen molar-refractivity contribution in [1.29, 1.82) is 0 Å². The van der Waals surface area contributed by atoms with E-state index in [-0.39, 0.29) is 36.9 Å².